The van der Waals surface area contributed by atoms with Crippen molar-refractivity contribution in [1.29, 1.82) is 0 Å². The van der Waals surface area contributed by atoms with Crippen molar-refractivity contribution in [2.75, 3.05) is 5.32 Å². The fraction of sp³-hybridized carbons (Fsp3) is 0.0517. The van der Waals surface area contributed by atoms with E-state index in [2.05, 4.69) is 194 Å². The molecule has 0 radical (unpaired) electrons. The zero-order valence-corrected chi connectivity index (χ0v) is 38.9. The summed E-state index contributed by atoms with van der Waals surface area (Å²) in [5, 5.41) is 5.05. The standard InChI is InChI=1S/C58H42BrN9O/c1-3-53(69)63-44-19-11-13-38(28-44)51-32-61-56-54(66-51)45(31-60-56)49-29-40-23-21-37(27-48(40)65-49)25-36-12-10-18-43(26-36)58(41-14-6-4-7-15-41,42-16-8-5-9-17-42)68-34-46(55-57(68)62-33-52(59)67-55)50-30-39-22-20-35(2)24-47(39)64-50/h3-24,26-34,64-65H,1,25H2,2H3,(H,60,61)(H,63,69). The number of amides is 1. The van der Waals surface area contributed by atoms with E-state index in [9.17, 15) is 4.79 Å². The van der Waals surface area contributed by atoms with E-state index in [1.807, 2.05) is 30.5 Å². The molecule has 0 saturated heterocycles. The van der Waals surface area contributed by atoms with Crippen molar-refractivity contribution in [3.63, 3.8) is 0 Å². The Morgan fingerprint density at radius 3 is 2.16 bits per heavy atom. The maximum Gasteiger partial charge on any atom is 0.247 e. The number of carbonyl (C=O) groups excluding carboxylic acids is 1. The molecule has 0 spiro atoms. The number of aromatic amines is 3. The Kier molecular flexibility index (Phi) is 10.2. The molecule has 1 amide bonds. The third-order valence-corrected chi connectivity index (χ3v) is 13.4. The van der Waals surface area contributed by atoms with Crippen molar-refractivity contribution in [2.45, 2.75) is 18.9 Å². The van der Waals surface area contributed by atoms with Crippen LogP contribution in [-0.2, 0) is 16.8 Å². The highest BCUT2D eigenvalue weighted by Crippen LogP contribution is 2.45. The molecule has 0 saturated carbocycles. The minimum absolute atomic E-state index is 0.275. The Balaban J connectivity index is 0.943. The van der Waals surface area contributed by atoms with Crippen LogP contribution >= 0.6 is 15.9 Å². The third kappa shape index (κ3) is 7.40. The van der Waals surface area contributed by atoms with Gasteiger partial charge in [0.05, 0.1) is 29.5 Å². The number of aryl methyl sites for hydroxylation is 1. The van der Waals surface area contributed by atoms with Gasteiger partial charge in [0.25, 0.3) is 0 Å². The lowest BCUT2D eigenvalue weighted by Gasteiger charge is -2.38. The number of nitrogens with zero attached hydrogens (tertiary/aromatic N) is 5. The molecule has 0 unspecified atom stereocenters. The summed E-state index contributed by atoms with van der Waals surface area (Å²) < 4.78 is 2.99. The summed E-state index contributed by atoms with van der Waals surface area (Å²) in [4.78, 5) is 42.7. The van der Waals surface area contributed by atoms with Gasteiger partial charge >= 0.3 is 0 Å². The first-order valence-electron chi connectivity index (χ1n) is 22.6. The van der Waals surface area contributed by atoms with Gasteiger partial charge in [-0.3, -0.25) is 4.79 Å². The van der Waals surface area contributed by atoms with Crippen LogP contribution in [0.5, 0.6) is 0 Å². The molecule has 332 valence electrons. The molecule has 0 aliphatic rings. The summed E-state index contributed by atoms with van der Waals surface area (Å²) in [6.45, 7) is 5.67. The molecule has 10 nitrogen and oxygen atoms in total. The Morgan fingerprint density at radius 1 is 0.696 bits per heavy atom. The second-order valence-corrected chi connectivity index (χ2v) is 18.2. The van der Waals surface area contributed by atoms with Gasteiger partial charge in [0.2, 0.25) is 5.91 Å². The van der Waals surface area contributed by atoms with E-state index in [4.69, 9.17) is 19.9 Å². The largest absolute Gasteiger partial charge is 0.354 e. The second kappa shape index (κ2) is 16.9. The number of hydrogen-bond donors (Lipinski definition) is 4. The highest BCUT2D eigenvalue weighted by molar-refractivity contribution is 9.10. The number of benzene rings is 6. The average Bonchev–Trinajstić information content (AvgIpc) is 4.19. The minimum atomic E-state index is -0.856. The van der Waals surface area contributed by atoms with Gasteiger partial charge in [-0.05, 0) is 105 Å². The smallest absolute Gasteiger partial charge is 0.247 e. The summed E-state index contributed by atoms with van der Waals surface area (Å²) in [6, 6.07) is 55.4. The maximum absolute atomic E-state index is 12.0. The van der Waals surface area contributed by atoms with Crippen LogP contribution in [-0.4, -0.2) is 45.4 Å². The molecule has 0 fully saturated rings. The SMILES string of the molecule is C=CC(=O)Nc1cccc(-c2cnc3[nH]cc(-c4cc5ccc(Cc6cccc(C(c7ccccc7)(c7ccccc7)n7cc(-c8cc9ccc(C)cc9[nH]8)c8nc(Br)cnc87)c6)cc5[nH]4)c3n2)c1. The fourth-order valence-electron chi connectivity index (χ4n) is 9.84. The quantitative estimate of drug-likeness (QED) is 0.0757. The van der Waals surface area contributed by atoms with Gasteiger partial charge in [-0.2, -0.15) is 0 Å². The van der Waals surface area contributed by atoms with Crippen LogP contribution in [0.2, 0.25) is 0 Å². The van der Waals surface area contributed by atoms with Crippen molar-refractivity contribution in [2.24, 2.45) is 0 Å². The summed E-state index contributed by atoms with van der Waals surface area (Å²) in [5.74, 6) is -0.275. The van der Waals surface area contributed by atoms with E-state index in [1.54, 1.807) is 12.4 Å². The van der Waals surface area contributed by atoms with Gasteiger partial charge in [-0.25, -0.2) is 19.9 Å². The Labute approximate surface area is 405 Å². The highest BCUT2D eigenvalue weighted by atomic mass is 79.9. The van der Waals surface area contributed by atoms with Crippen molar-refractivity contribution in [3.05, 3.63) is 233 Å². The molecule has 12 aromatic rings. The van der Waals surface area contributed by atoms with Gasteiger partial charge in [0, 0.05) is 56.6 Å². The summed E-state index contributed by atoms with van der Waals surface area (Å²) in [7, 11) is 0. The number of nitrogens with one attached hydrogen (secondary N) is 4. The van der Waals surface area contributed by atoms with E-state index >= 15 is 0 Å². The minimum Gasteiger partial charge on any atom is -0.354 e. The number of hydrogen-bond acceptors (Lipinski definition) is 5. The lowest BCUT2D eigenvalue weighted by molar-refractivity contribution is -0.111. The maximum atomic E-state index is 12.0. The number of halogens is 1. The number of H-pyrrole nitrogens is 3. The highest BCUT2D eigenvalue weighted by Gasteiger charge is 2.41. The average molecular weight is 961 g/mol. The molecule has 6 heterocycles. The van der Waals surface area contributed by atoms with E-state index < -0.39 is 5.54 Å². The molecular weight excluding hydrogens is 919 g/mol. The zero-order chi connectivity index (χ0) is 46.6. The number of carbonyl (C=O) groups is 1. The van der Waals surface area contributed by atoms with Crippen molar-refractivity contribution < 1.29 is 4.79 Å². The van der Waals surface area contributed by atoms with Crippen LogP contribution < -0.4 is 5.32 Å². The number of rotatable bonds is 11. The van der Waals surface area contributed by atoms with Crippen LogP contribution in [0.4, 0.5) is 5.69 Å². The van der Waals surface area contributed by atoms with E-state index in [1.165, 1.54) is 22.8 Å². The Bertz CT molecular complexity index is 3900. The second-order valence-electron chi connectivity index (χ2n) is 17.4. The topological polar surface area (TPSA) is 133 Å². The van der Waals surface area contributed by atoms with Gasteiger partial charge in [-0.1, -0.05) is 128 Å². The van der Waals surface area contributed by atoms with Crippen LogP contribution in [0.15, 0.2) is 200 Å². The van der Waals surface area contributed by atoms with E-state index in [0.29, 0.717) is 28.1 Å². The molecule has 11 heteroatoms. The predicted molar refractivity (Wildman–Crippen MR) is 280 cm³/mol. The van der Waals surface area contributed by atoms with Crippen molar-refractivity contribution in [3.8, 4) is 33.8 Å². The monoisotopic (exact) mass is 959 g/mol. The predicted octanol–water partition coefficient (Wildman–Crippen LogP) is 13.3. The Hall–Kier alpha value is -8.67. The first-order chi connectivity index (χ1) is 33.8. The first kappa shape index (κ1) is 41.7. The third-order valence-electron chi connectivity index (χ3n) is 13.0. The van der Waals surface area contributed by atoms with Gasteiger partial charge in [0.1, 0.15) is 21.2 Å². The number of fused-ring (bicyclic) bond motifs is 4. The molecular formula is C58H42BrN9O. The molecule has 0 bridgehead atoms. The van der Waals surface area contributed by atoms with Gasteiger partial charge in [-0.15, -0.1) is 0 Å². The van der Waals surface area contributed by atoms with Crippen molar-refractivity contribution in [1.82, 2.24) is 39.5 Å². The fourth-order valence-corrected chi connectivity index (χ4v) is 10.1. The van der Waals surface area contributed by atoms with E-state index in [0.717, 1.165) is 83.3 Å². The molecule has 6 aromatic carbocycles. The number of aromatic nitrogens is 8. The lowest BCUT2D eigenvalue weighted by Crippen LogP contribution is -2.37. The van der Waals surface area contributed by atoms with E-state index in [-0.39, 0.29) is 5.91 Å². The molecule has 4 N–H and O–H groups in total. The van der Waals surface area contributed by atoms with Crippen molar-refractivity contribution >= 4 is 71.7 Å². The Morgan fingerprint density at radius 2 is 1.39 bits per heavy atom. The molecule has 69 heavy (non-hydrogen) atoms. The zero-order valence-electron chi connectivity index (χ0n) is 37.3. The van der Waals surface area contributed by atoms with Crippen LogP contribution in [0.25, 0.3) is 77.9 Å². The summed E-state index contributed by atoms with van der Waals surface area (Å²) in [5.41, 5.74) is 17.0. The van der Waals surface area contributed by atoms with Gasteiger partial charge < -0.3 is 24.8 Å². The van der Waals surface area contributed by atoms with Crippen LogP contribution in [0.1, 0.15) is 33.4 Å². The molecule has 0 aliphatic heterocycles. The summed E-state index contributed by atoms with van der Waals surface area (Å²) >= 11 is 3.66. The molecule has 0 atom stereocenters. The molecule has 6 aromatic heterocycles. The first-order valence-corrected chi connectivity index (χ1v) is 23.4. The molecule has 0 aliphatic carbocycles. The van der Waals surface area contributed by atoms with Crippen LogP contribution in [0, 0.1) is 6.92 Å². The summed E-state index contributed by atoms with van der Waals surface area (Å²) in [6.07, 6.45) is 9.64. The molecule has 12 rings (SSSR count). The van der Waals surface area contributed by atoms with Gasteiger partial charge in [0.15, 0.2) is 11.3 Å². The normalized spacial score (nSPS) is 11.8. The lowest BCUT2D eigenvalue weighted by atomic mass is 9.76. The van der Waals surface area contributed by atoms with Crippen LogP contribution in [0.3, 0.4) is 0 Å². The number of anilines is 1.